The highest BCUT2D eigenvalue weighted by molar-refractivity contribution is 5.91. The van der Waals surface area contributed by atoms with Gasteiger partial charge < -0.3 is 10.2 Å². The summed E-state index contributed by atoms with van der Waals surface area (Å²) in [6, 6.07) is 0.554. The molecule has 1 atom stereocenters. The molecule has 5 heteroatoms. The van der Waals surface area contributed by atoms with E-state index in [9.17, 15) is 4.79 Å². The monoisotopic (exact) mass is 276 g/mol. The van der Waals surface area contributed by atoms with Gasteiger partial charge in [0.15, 0.2) is 0 Å². The first-order chi connectivity index (χ1) is 9.76. The van der Waals surface area contributed by atoms with Crippen molar-refractivity contribution in [2.24, 2.45) is 0 Å². The van der Waals surface area contributed by atoms with Gasteiger partial charge in [-0.25, -0.2) is 9.97 Å². The van der Waals surface area contributed by atoms with E-state index in [1.165, 1.54) is 19.3 Å². The Labute approximate surface area is 120 Å². The summed E-state index contributed by atoms with van der Waals surface area (Å²) >= 11 is 0. The van der Waals surface area contributed by atoms with Gasteiger partial charge in [-0.2, -0.15) is 0 Å². The Hall–Kier alpha value is -1.65. The summed E-state index contributed by atoms with van der Waals surface area (Å²) in [5.41, 5.74) is 0.396. The molecule has 0 aromatic carbocycles. The molecule has 1 aromatic heterocycles. The van der Waals surface area contributed by atoms with Gasteiger partial charge in [-0.1, -0.05) is 13.8 Å². The molecule has 1 saturated heterocycles. The van der Waals surface area contributed by atoms with Gasteiger partial charge in [0.05, 0.1) is 12.4 Å². The summed E-state index contributed by atoms with van der Waals surface area (Å²) in [5, 5.41) is 2.81. The minimum absolute atomic E-state index is 0.142. The molecule has 110 valence electrons. The van der Waals surface area contributed by atoms with Gasteiger partial charge in [0, 0.05) is 19.1 Å². The zero-order valence-corrected chi connectivity index (χ0v) is 12.4. The molecule has 1 aliphatic rings. The van der Waals surface area contributed by atoms with Gasteiger partial charge in [0.25, 0.3) is 5.91 Å². The fraction of sp³-hybridized carbons (Fsp3) is 0.667. The van der Waals surface area contributed by atoms with Gasteiger partial charge in [-0.3, -0.25) is 4.79 Å². The van der Waals surface area contributed by atoms with Crippen molar-refractivity contribution >= 4 is 11.7 Å². The highest BCUT2D eigenvalue weighted by atomic mass is 16.1. The normalized spacial score (nSPS) is 18.9. The van der Waals surface area contributed by atoms with Crippen LogP contribution in [0, 0.1) is 0 Å². The van der Waals surface area contributed by atoms with E-state index in [4.69, 9.17) is 0 Å². The Bertz CT molecular complexity index is 432. The van der Waals surface area contributed by atoms with Gasteiger partial charge in [-0.15, -0.1) is 0 Å². The van der Waals surface area contributed by atoms with Crippen molar-refractivity contribution in [1.29, 1.82) is 0 Å². The first-order valence-electron chi connectivity index (χ1n) is 7.63. The summed E-state index contributed by atoms with van der Waals surface area (Å²) < 4.78 is 0. The maximum atomic E-state index is 11.8. The van der Waals surface area contributed by atoms with Crippen LogP contribution in [0.1, 0.15) is 56.4 Å². The van der Waals surface area contributed by atoms with Crippen LogP contribution >= 0.6 is 0 Å². The van der Waals surface area contributed by atoms with Crippen molar-refractivity contribution in [1.82, 2.24) is 15.3 Å². The van der Waals surface area contributed by atoms with Crippen LogP contribution in [-0.4, -0.2) is 35.0 Å². The maximum Gasteiger partial charge on any atom is 0.271 e. The second kappa shape index (κ2) is 7.22. The highest BCUT2D eigenvalue weighted by Crippen LogP contribution is 2.24. The predicted molar refractivity (Wildman–Crippen MR) is 79.9 cm³/mol. The van der Waals surface area contributed by atoms with Crippen LogP contribution in [0.5, 0.6) is 0 Å². The third-order valence-corrected chi connectivity index (χ3v) is 3.80. The molecule has 5 nitrogen and oxygen atoms in total. The van der Waals surface area contributed by atoms with E-state index in [0.29, 0.717) is 18.3 Å². The molecule has 1 aliphatic heterocycles. The summed E-state index contributed by atoms with van der Waals surface area (Å²) in [5.74, 6) is 0.750. The van der Waals surface area contributed by atoms with Crippen LogP contribution in [0.2, 0.25) is 0 Å². The van der Waals surface area contributed by atoms with Gasteiger partial charge in [0.1, 0.15) is 11.5 Å². The zero-order valence-electron chi connectivity index (χ0n) is 12.4. The maximum absolute atomic E-state index is 11.8. The highest BCUT2D eigenvalue weighted by Gasteiger charge is 2.22. The first kappa shape index (κ1) is 14.8. The summed E-state index contributed by atoms with van der Waals surface area (Å²) in [6.07, 6.45) is 9.08. The molecule has 1 amide bonds. The van der Waals surface area contributed by atoms with Gasteiger partial charge >= 0.3 is 0 Å². The number of rotatable bonds is 5. The molecule has 1 aromatic rings. The number of carbonyl (C=O) groups is 1. The lowest BCUT2D eigenvalue weighted by Crippen LogP contribution is -2.39. The number of amides is 1. The molecule has 2 heterocycles. The molecule has 0 bridgehead atoms. The average Bonchev–Trinajstić information content (AvgIpc) is 2.52. The molecule has 1 fully saturated rings. The topological polar surface area (TPSA) is 58.1 Å². The Morgan fingerprint density at radius 2 is 2.20 bits per heavy atom. The second-order valence-corrected chi connectivity index (χ2v) is 5.27. The fourth-order valence-electron chi connectivity index (χ4n) is 2.64. The molecule has 1 unspecified atom stereocenters. The Morgan fingerprint density at radius 1 is 1.35 bits per heavy atom. The number of nitrogens with zero attached hydrogens (tertiary/aromatic N) is 3. The van der Waals surface area contributed by atoms with E-state index < -0.39 is 0 Å². The van der Waals surface area contributed by atoms with E-state index in [1.54, 1.807) is 12.4 Å². The molecule has 2 rings (SSSR count). The molecule has 0 spiro atoms. The average molecular weight is 276 g/mol. The number of hydrogen-bond donors (Lipinski definition) is 1. The Morgan fingerprint density at radius 3 is 2.85 bits per heavy atom. The number of piperidine rings is 1. The van der Waals surface area contributed by atoms with Crippen molar-refractivity contribution < 1.29 is 4.79 Å². The first-order valence-corrected chi connectivity index (χ1v) is 7.63. The quantitative estimate of drug-likeness (QED) is 0.897. The number of aromatic nitrogens is 2. The van der Waals surface area contributed by atoms with Gasteiger partial charge in [0.2, 0.25) is 0 Å². The third kappa shape index (κ3) is 3.46. The van der Waals surface area contributed by atoms with E-state index in [-0.39, 0.29) is 5.91 Å². The van der Waals surface area contributed by atoms with Crippen LogP contribution in [0.15, 0.2) is 12.4 Å². The molecule has 0 radical (unpaired) electrons. The summed E-state index contributed by atoms with van der Waals surface area (Å²) in [7, 11) is 0. The van der Waals surface area contributed by atoms with Crippen molar-refractivity contribution in [3.05, 3.63) is 18.1 Å². The molecule has 0 aliphatic carbocycles. The van der Waals surface area contributed by atoms with Gasteiger partial charge in [-0.05, 0) is 32.1 Å². The lowest BCUT2D eigenvalue weighted by molar-refractivity contribution is 0.0948. The number of nitrogens with one attached hydrogen (secondary N) is 1. The standard InChI is InChI=1S/C15H24N4O/c1-3-8-16-15(20)13-10-18-14(11-17-13)19-9-6-5-7-12(19)4-2/h10-12H,3-9H2,1-2H3,(H,16,20). The number of hydrogen-bond acceptors (Lipinski definition) is 4. The predicted octanol–water partition coefficient (Wildman–Crippen LogP) is 2.39. The second-order valence-electron chi connectivity index (χ2n) is 5.27. The molecular formula is C15H24N4O. The van der Waals surface area contributed by atoms with E-state index >= 15 is 0 Å². The summed E-state index contributed by atoms with van der Waals surface area (Å²) in [4.78, 5) is 22.8. The number of carbonyl (C=O) groups excluding carboxylic acids is 1. The molecule has 20 heavy (non-hydrogen) atoms. The number of anilines is 1. The molecular weight excluding hydrogens is 252 g/mol. The van der Waals surface area contributed by atoms with Crippen LogP contribution in [0.25, 0.3) is 0 Å². The molecule has 1 N–H and O–H groups in total. The zero-order chi connectivity index (χ0) is 14.4. The van der Waals surface area contributed by atoms with E-state index in [1.807, 2.05) is 6.92 Å². The smallest absolute Gasteiger partial charge is 0.271 e. The molecule has 0 saturated carbocycles. The van der Waals surface area contributed by atoms with E-state index in [0.717, 1.165) is 25.2 Å². The van der Waals surface area contributed by atoms with E-state index in [2.05, 4.69) is 27.1 Å². The van der Waals surface area contributed by atoms with Crippen molar-refractivity contribution in [3.63, 3.8) is 0 Å². The fourth-order valence-corrected chi connectivity index (χ4v) is 2.64. The van der Waals surface area contributed by atoms with Crippen molar-refractivity contribution in [2.75, 3.05) is 18.0 Å². The van der Waals surface area contributed by atoms with Crippen molar-refractivity contribution in [2.45, 2.75) is 52.0 Å². The van der Waals surface area contributed by atoms with Crippen LogP contribution in [0.3, 0.4) is 0 Å². The summed E-state index contributed by atoms with van der Waals surface area (Å²) in [6.45, 7) is 5.94. The van der Waals surface area contributed by atoms with Crippen LogP contribution in [0.4, 0.5) is 5.82 Å². The minimum atomic E-state index is -0.142. The largest absolute Gasteiger partial charge is 0.352 e. The minimum Gasteiger partial charge on any atom is -0.352 e. The lowest BCUT2D eigenvalue weighted by Gasteiger charge is -2.35. The third-order valence-electron chi connectivity index (χ3n) is 3.80. The van der Waals surface area contributed by atoms with Crippen molar-refractivity contribution in [3.8, 4) is 0 Å². The van der Waals surface area contributed by atoms with Crippen LogP contribution in [-0.2, 0) is 0 Å². The lowest BCUT2D eigenvalue weighted by atomic mass is 10.0. The Kier molecular flexibility index (Phi) is 5.32. The SMILES string of the molecule is CCCNC(=O)c1cnc(N2CCCCC2CC)cn1. The Balaban J connectivity index is 2.05. The van der Waals surface area contributed by atoms with Crippen LogP contribution < -0.4 is 10.2 Å².